The molecule has 0 bridgehead atoms. The molecule has 0 aliphatic rings. The number of para-hydroxylation sites is 3. The summed E-state index contributed by atoms with van der Waals surface area (Å²) in [4.78, 5) is 0. The number of fused-ring (bicyclic) bond motifs is 4. The number of hydrogen-bond donors (Lipinski definition) is 0. The lowest BCUT2D eigenvalue weighted by Crippen LogP contribution is -1.99. The first kappa shape index (κ1) is 27.0. The van der Waals surface area contributed by atoms with Gasteiger partial charge in [-0.15, -0.1) is 0 Å². The van der Waals surface area contributed by atoms with Crippen LogP contribution in [-0.2, 0) is 0 Å². The smallest absolute Gasteiger partial charge is 0.0542 e. The Morgan fingerprint density at radius 1 is 0.511 bits per heavy atom. The molecule has 0 amide bonds. The van der Waals surface area contributed by atoms with Crippen molar-refractivity contribution >= 4 is 38.8 Å². The van der Waals surface area contributed by atoms with E-state index in [9.17, 15) is 0 Å². The van der Waals surface area contributed by atoms with Crippen molar-refractivity contribution in [2.24, 2.45) is 0 Å². The van der Waals surface area contributed by atoms with Crippen molar-refractivity contribution in [2.45, 2.75) is 20.3 Å². The Morgan fingerprint density at radius 2 is 1.16 bits per heavy atom. The average Bonchev–Trinajstić information content (AvgIpc) is 3.58. The third kappa shape index (κ3) is 4.49. The van der Waals surface area contributed by atoms with Gasteiger partial charge in [0, 0.05) is 33.1 Å². The van der Waals surface area contributed by atoms with Gasteiger partial charge in [-0.05, 0) is 84.1 Å². The number of rotatable bonds is 6. The van der Waals surface area contributed by atoms with Crippen molar-refractivity contribution in [1.29, 1.82) is 0 Å². The van der Waals surface area contributed by atoms with E-state index in [0.29, 0.717) is 0 Å². The van der Waals surface area contributed by atoms with Crippen LogP contribution in [0.1, 0.15) is 24.6 Å². The van der Waals surface area contributed by atoms with Gasteiger partial charge in [-0.25, -0.2) is 0 Å². The van der Waals surface area contributed by atoms with Gasteiger partial charge in [0.25, 0.3) is 0 Å². The molecule has 0 atom stereocenters. The highest BCUT2D eigenvalue weighted by Crippen LogP contribution is 2.39. The Hall–Kier alpha value is -5.60. The Morgan fingerprint density at radius 3 is 1.98 bits per heavy atom. The summed E-state index contributed by atoms with van der Waals surface area (Å²) in [5, 5.41) is 3.79. The average molecular weight is 579 g/mol. The molecule has 0 radical (unpaired) electrons. The van der Waals surface area contributed by atoms with Crippen molar-refractivity contribution in [3.8, 4) is 33.6 Å². The largest absolute Gasteiger partial charge is 0.310 e. The molecule has 0 aliphatic heterocycles. The van der Waals surface area contributed by atoms with Crippen LogP contribution >= 0.6 is 0 Å². The van der Waals surface area contributed by atoms with E-state index in [0.717, 1.165) is 6.42 Å². The molecule has 0 unspecified atom stereocenters. The van der Waals surface area contributed by atoms with E-state index in [1.807, 2.05) is 0 Å². The van der Waals surface area contributed by atoms with Crippen LogP contribution in [0.5, 0.6) is 0 Å². The number of nitrogens with zero attached hydrogens (tertiary/aromatic N) is 2. The van der Waals surface area contributed by atoms with Gasteiger partial charge >= 0.3 is 0 Å². The third-order valence-electron chi connectivity index (χ3n) is 9.03. The fourth-order valence-electron chi connectivity index (χ4n) is 6.90. The molecule has 0 N–H and O–H groups in total. The molecular formula is C43H34N2. The predicted octanol–water partition coefficient (Wildman–Crippen LogP) is 11.8. The molecule has 2 aromatic heterocycles. The second-order valence-corrected chi connectivity index (χ2v) is 11.7. The number of hydrogen-bond acceptors (Lipinski definition) is 0. The van der Waals surface area contributed by atoms with Gasteiger partial charge in [-0.3, -0.25) is 0 Å². The normalized spacial score (nSPS) is 11.8. The fourth-order valence-corrected chi connectivity index (χ4v) is 6.90. The molecule has 0 saturated carbocycles. The van der Waals surface area contributed by atoms with Crippen molar-refractivity contribution < 1.29 is 0 Å². The molecular weight excluding hydrogens is 544 g/mol. The maximum Gasteiger partial charge on any atom is 0.0542 e. The topological polar surface area (TPSA) is 9.86 Å². The minimum Gasteiger partial charge on any atom is -0.310 e. The van der Waals surface area contributed by atoms with Crippen LogP contribution in [0.4, 0.5) is 0 Å². The number of aromatic nitrogens is 2. The Bertz CT molecular complexity index is 2370. The molecule has 2 heterocycles. The van der Waals surface area contributed by atoms with Gasteiger partial charge in [-0.2, -0.15) is 0 Å². The highest BCUT2D eigenvalue weighted by Gasteiger charge is 2.18. The summed E-state index contributed by atoms with van der Waals surface area (Å²) >= 11 is 0. The van der Waals surface area contributed by atoms with E-state index in [-0.39, 0.29) is 0 Å². The van der Waals surface area contributed by atoms with Crippen molar-refractivity contribution in [3.63, 3.8) is 0 Å². The predicted molar refractivity (Wildman–Crippen MR) is 193 cm³/mol. The number of aryl methyl sites for hydroxylation is 1. The fraction of sp³-hybridized carbons (Fsp3) is 0.0698. The van der Waals surface area contributed by atoms with Gasteiger partial charge < -0.3 is 9.13 Å². The molecule has 0 spiro atoms. The van der Waals surface area contributed by atoms with Gasteiger partial charge in [0.05, 0.1) is 22.2 Å². The quantitative estimate of drug-likeness (QED) is 0.186. The third-order valence-corrected chi connectivity index (χ3v) is 9.03. The van der Waals surface area contributed by atoms with E-state index in [2.05, 4.69) is 181 Å². The molecule has 8 aromatic rings. The zero-order valence-electron chi connectivity index (χ0n) is 25.6. The minimum atomic E-state index is 1.00. The van der Waals surface area contributed by atoms with Gasteiger partial charge in [0.2, 0.25) is 0 Å². The molecule has 45 heavy (non-hydrogen) atoms. The van der Waals surface area contributed by atoms with Crippen LogP contribution in [0.2, 0.25) is 0 Å². The monoisotopic (exact) mass is 578 g/mol. The summed E-state index contributed by atoms with van der Waals surface area (Å²) in [6.45, 7) is 4.43. The minimum absolute atomic E-state index is 1.00. The first-order valence-corrected chi connectivity index (χ1v) is 15.8. The molecule has 0 aliphatic carbocycles. The zero-order chi connectivity index (χ0) is 30.3. The molecule has 0 saturated heterocycles. The van der Waals surface area contributed by atoms with E-state index in [4.69, 9.17) is 0 Å². The lowest BCUT2D eigenvalue weighted by atomic mass is 9.98. The van der Waals surface area contributed by atoms with Crippen LogP contribution < -0.4 is 0 Å². The lowest BCUT2D eigenvalue weighted by molar-refractivity contribution is 1.09. The second kappa shape index (κ2) is 11.2. The van der Waals surface area contributed by atoms with Crippen molar-refractivity contribution in [3.05, 3.63) is 163 Å². The van der Waals surface area contributed by atoms with Crippen LogP contribution in [0.25, 0.3) is 72.4 Å². The highest BCUT2D eigenvalue weighted by atomic mass is 15.0. The zero-order valence-corrected chi connectivity index (χ0v) is 25.6. The van der Waals surface area contributed by atoms with Crippen molar-refractivity contribution in [2.75, 3.05) is 0 Å². The Balaban J connectivity index is 1.36. The SMILES string of the molecule is CC/C=C\c1c(C)c2ccccc2n1-c1ccc2c(c1)c1ccccc1n2-c1ccccc1-c1cccc(-c2ccccc2)c1. The summed E-state index contributed by atoms with van der Waals surface area (Å²) < 4.78 is 4.86. The summed E-state index contributed by atoms with van der Waals surface area (Å²) in [6, 6.07) is 52.8. The molecule has 0 fully saturated rings. The lowest BCUT2D eigenvalue weighted by Gasteiger charge is -2.15. The summed E-state index contributed by atoms with van der Waals surface area (Å²) in [6.07, 6.45) is 5.54. The van der Waals surface area contributed by atoms with Crippen LogP contribution in [-0.4, -0.2) is 9.13 Å². The molecule has 6 aromatic carbocycles. The molecule has 2 nitrogen and oxygen atoms in total. The maximum absolute atomic E-state index is 2.44. The Kier molecular flexibility index (Phi) is 6.69. The summed E-state index contributed by atoms with van der Waals surface area (Å²) in [7, 11) is 0. The van der Waals surface area contributed by atoms with Gasteiger partial charge in [0.15, 0.2) is 0 Å². The number of allylic oxidation sites excluding steroid dienone is 1. The van der Waals surface area contributed by atoms with Crippen LogP contribution in [0, 0.1) is 6.92 Å². The van der Waals surface area contributed by atoms with Gasteiger partial charge in [0.1, 0.15) is 0 Å². The molecule has 8 rings (SSSR count). The van der Waals surface area contributed by atoms with E-state index >= 15 is 0 Å². The van der Waals surface area contributed by atoms with Crippen LogP contribution in [0.3, 0.4) is 0 Å². The van der Waals surface area contributed by atoms with Gasteiger partial charge in [-0.1, -0.05) is 116 Å². The Labute approximate surface area is 264 Å². The summed E-state index contributed by atoms with van der Waals surface area (Å²) in [5.41, 5.74) is 13.4. The first-order valence-electron chi connectivity index (χ1n) is 15.8. The van der Waals surface area contributed by atoms with E-state index in [1.54, 1.807) is 0 Å². The molecule has 2 heteroatoms. The first-order chi connectivity index (χ1) is 22.2. The maximum atomic E-state index is 2.44. The van der Waals surface area contributed by atoms with E-state index in [1.165, 1.54) is 77.6 Å². The number of benzene rings is 6. The van der Waals surface area contributed by atoms with Crippen molar-refractivity contribution in [1.82, 2.24) is 9.13 Å². The standard InChI is InChI=1S/C43H34N2/c1-3-4-22-39-30(2)35-19-8-11-23-40(35)44(39)34-26-27-43-38(29-34)37-21-10-13-25-42(37)45(43)41-24-12-9-20-36(41)33-18-14-17-32(28-33)31-15-6-5-7-16-31/h4-29H,3H2,1-2H3/b22-4-. The summed E-state index contributed by atoms with van der Waals surface area (Å²) in [5.74, 6) is 0. The molecule has 216 valence electrons. The van der Waals surface area contributed by atoms with E-state index < -0.39 is 0 Å². The van der Waals surface area contributed by atoms with Crippen LogP contribution in [0.15, 0.2) is 152 Å². The second-order valence-electron chi connectivity index (χ2n) is 11.7. The highest BCUT2D eigenvalue weighted by molar-refractivity contribution is 6.10.